The number of nitrogens with one attached hydrogen (secondary N) is 2. The Kier molecular flexibility index (Phi) is 3.99. The number of rotatable bonds is 5. The molecule has 2 heterocycles. The van der Waals surface area contributed by atoms with Crippen LogP contribution in [0.4, 0.5) is 0 Å². The number of hydrogen-bond donors (Lipinski definition) is 2. The Bertz CT molecular complexity index is 471. The molecule has 0 radical (unpaired) electrons. The molecule has 0 amide bonds. The molecule has 4 heteroatoms. The average molecular weight is 275 g/mol. The van der Waals surface area contributed by atoms with Crippen LogP contribution in [0.2, 0.25) is 0 Å². The van der Waals surface area contributed by atoms with Crippen molar-refractivity contribution >= 4 is 11.3 Å². The average Bonchev–Trinajstić information content (AvgIpc) is 3.17. The second-order valence-electron chi connectivity index (χ2n) is 5.46. The summed E-state index contributed by atoms with van der Waals surface area (Å²) in [7, 11) is 0. The lowest BCUT2D eigenvalue weighted by molar-refractivity contribution is 0.343. The summed E-state index contributed by atoms with van der Waals surface area (Å²) in [5.74, 6) is 0.785. The predicted octanol–water partition coefficient (Wildman–Crippen LogP) is 4.05. The SMILES string of the molecule is CC(NC(c1cccs1)C1CCCC1)c1cn[nH]c1. The first-order valence-electron chi connectivity index (χ1n) is 7.12. The van der Waals surface area contributed by atoms with Crippen LogP contribution in [-0.4, -0.2) is 10.2 Å². The van der Waals surface area contributed by atoms with Crippen LogP contribution in [-0.2, 0) is 0 Å². The lowest BCUT2D eigenvalue weighted by Crippen LogP contribution is -2.28. The molecule has 2 N–H and O–H groups in total. The molecule has 0 aliphatic heterocycles. The van der Waals surface area contributed by atoms with Gasteiger partial charge in [0.05, 0.1) is 6.20 Å². The van der Waals surface area contributed by atoms with Gasteiger partial charge in [-0.1, -0.05) is 18.9 Å². The molecular weight excluding hydrogens is 254 g/mol. The predicted molar refractivity (Wildman–Crippen MR) is 79.2 cm³/mol. The topological polar surface area (TPSA) is 40.7 Å². The van der Waals surface area contributed by atoms with Crippen molar-refractivity contribution in [1.82, 2.24) is 15.5 Å². The highest BCUT2D eigenvalue weighted by atomic mass is 32.1. The molecule has 3 rings (SSSR count). The van der Waals surface area contributed by atoms with Crippen LogP contribution in [0.1, 0.15) is 55.1 Å². The third-order valence-electron chi connectivity index (χ3n) is 4.17. The molecule has 1 saturated carbocycles. The molecule has 102 valence electrons. The van der Waals surface area contributed by atoms with E-state index >= 15 is 0 Å². The van der Waals surface area contributed by atoms with Crippen molar-refractivity contribution in [3.8, 4) is 0 Å². The fraction of sp³-hybridized carbons (Fsp3) is 0.533. The summed E-state index contributed by atoms with van der Waals surface area (Å²) in [4.78, 5) is 1.47. The number of hydrogen-bond acceptors (Lipinski definition) is 3. The maximum Gasteiger partial charge on any atom is 0.0534 e. The third-order valence-corrected chi connectivity index (χ3v) is 5.13. The highest BCUT2D eigenvalue weighted by molar-refractivity contribution is 7.10. The van der Waals surface area contributed by atoms with E-state index in [1.54, 1.807) is 0 Å². The molecule has 19 heavy (non-hydrogen) atoms. The quantitative estimate of drug-likeness (QED) is 0.864. The zero-order valence-electron chi connectivity index (χ0n) is 11.3. The lowest BCUT2D eigenvalue weighted by Gasteiger charge is -2.27. The molecule has 2 unspecified atom stereocenters. The van der Waals surface area contributed by atoms with Crippen LogP contribution in [0.5, 0.6) is 0 Å². The molecule has 0 bridgehead atoms. The van der Waals surface area contributed by atoms with Crippen LogP contribution in [0.3, 0.4) is 0 Å². The maximum absolute atomic E-state index is 4.05. The minimum Gasteiger partial charge on any atom is -0.302 e. The Morgan fingerprint density at radius 2 is 2.26 bits per heavy atom. The van der Waals surface area contributed by atoms with Crippen LogP contribution < -0.4 is 5.32 Å². The fourth-order valence-electron chi connectivity index (χ4n) is 3.07. The highest BCUT2D eigenvalue weighted by Gasteiger charge is 2.28. The number of aromatic nitrogens is 2. The van der Waals surface area contributed by atoms with Gasteiger partial charge < -0.3 is 5.32 Å². The van der Waals surface area contributed by atoms with Crippen LogP contribution >= 0.6 is 11.3 Å². The molecule has 2 atom stereocenters. The van der Waals surface area contributed by atoms with Gasteiger partial charge in [-0.05, 0) is 37.1 Å². The Labute approximate surface area is 118 Å². The van der Waals surface area contributed by atoms with Gasteiger partial charge >= 0.3 is 0 Å². The Balaban J connectivity index is 1.75. The van der Waals surface area contributed by atoms with E-state index < -0.39 is 0 Å². The molecule has 1 fully saturated rings. The van der Waals surface area contributed by atoms with Gasteiger partial charge in [0, 0.05) is 28.7 Å². The normalized spacial score (nSPS) is 19.6. The summed E-state index contributed by atoms with van der Waals surface area (Å²) in [5, 5.41) is 12.9. The van der Waals surface area contributed by atoms with Crippen molar-refractivity contribution in [2.45, 2.75) is 44.7 Å². The first-order valence-corrected chi connectivity index (χ1v) is 8.00. The van der Waals surface area contributed by atoms with E-state index in [-0.39, 0.29) is 0 Å². The fourth-order valence-corrected chi connectivity index (χ4v) is 3.95. The molecule has 0 saturated heterocycles. The van der Waals surface area contributed by atoms with E-state index in [1.165, 1.54) is 36.1 Å². The van der Waals surface area contributed by atoms with Crippen molar-refractivity contribution in [2.75, 3.05) is 0 Å². The molecule has 2 aromatic rings. The van der Waals surface area contributed by atoms with E-state index in [9.17, 15) is 0 Å². The summed E-state index contributed by atoms with van der Waals surface area (Å²) < 4.78 is 0. The molecule has 0 spiro atoms. The smallest absolute Gasteiger partial charge is 0.0534 e. The standard InChI is InChI=1S/C15H21N3S/c1-11(13-9-16-17-10-13)18-15(12-5-2-3-6-12)14-7-4-8-19-14/h4,7-12,15,18H,2-3,5-6H2,1H3,(H,16,17). The summed E-state index contributed by atoms with van der Waals surface area (Å²) in [5.41, 5.74) is 1.24. The Morgan fingerprint density at radius 3 is 2.89 bits per heavy atom. The zero-order valence-corrected chi connectivity index (χ0v) is 12.1. The van der Waals surface area contributed by atoms with Crippen molar-refractivity contribution in [3.05, 3.63) is 40.3 Å². The van der Waals surface area contributed by atoms with E-state index in [0.29, 0.717) is 12.1 Å². The molecule has 1 aliphatic rings. The van der Waals surface area contributed by atoms with Gasteiger partial charge in [-0.3, -0.25) is 5.10 Å². The minimum atomic E-state index is 0.339. The summed E-state index contributed by atoms with van der Waals surface area (Å²) in [6.45, 7) is 2.22. The Hall–Kier alpha value is -1.13. The second kappa shape index (κ2) is 5.88. The number of thiophene rings is 1. The number of H-pyrrole nitrogens is 1. The summed E-state index contributed by atoms with van der Waals surface area (Å²) in [6, 6.07) is 5.26. The van der Waals surface area contributed by atoms with E-state index in [4.69, 9.17) is 0 Å². The number of aromatic amines is 1. The van der Waals surface area contributed by atoms with Crippen molar-refractivity contribution in [2.24, 2.45) is 5.92 Å². The van der Waals surface area contributed by atoms with Crippen molar-refractivity contribution in [3.63, 3.8) is 0 Å². The van der Waals surface area contributed by atoms with E-state index in [2.05, 4.69) is 40.0 Å². The third kappa shape index (κ3) is 2.90. The van der Waals surface area contributed by atoms with Gasteiger partial charge in [0.1, 0.15) is 0 Å². The van der Waals surface area contributed by atoms with E-state index in [0.717, 1.165) is 5.92 Å². The molecule has 1 aliphatic carbocycles. The van der Waals surface area contributed by atoms with Gasteiger partial charge in [0.2, 0.25) is 0 Å². The summed E-state index contributed by atoms with van der Waals surface area (Å²) >= 11 is 1.87. The maximum atomic E-state index is 4.05. The van der Waals surface area contributed by atoms with Crippen LogP contribution in [0, 0.1) is 5.92 Å². The minimum absolute atomic E-state index is 0.339. The van der Waals surface area contributed by atoms with Gasteiger partial charge in [-0.15, -0.1) is 11.3 Å². The van der Waals surface area contributed by atoms with Gasteiger partial charge in [-0.25, -0.2) is 0 Å². The largest absolute Gasteiger partial charge is 0.302 e. The van der Waals surface area contributed by atoms with Crippen molar-refractivity contribution < 1.29 is 0 Å². The first-order chi connectivity index (χ1) is 9.34. The van der Waals surface area contributed by atoms with Crippen LogP contribution in [0.15, 0.2) is 29.9 Å². The first kappa shape index (κ1) is 12.9. The second-order valence-corrected chi connectivity index (χ2v) is 6.44. The monoisotopic (exact) mass is 275 g/mol. The highest BCUT2D eigenvalue weighted by Crippen LogP contribution is 2.38. The zero-order chi connectivity index (χ0) is 13.1. The van der Waals surface area contributed by atoms with Gasteiger partial charge in [0.15, 0.2) is 0 Å². The van der Waals surface area contributed by atoms with Gasteiger partial charge in [0.25, 0.3) is 0 Å². The summed E-state index contributed by atoms with van der Waals surface area (Å²) in [6.07, 6.45) is 9.37. The van der Waals surface area contributed by atoms with Crippen LogP contribution in [0.25, 0.3) is 0 Å². The molecule has 3 nitrogen and oxygen atoms in total. The molecule has 0 aromatic carbocycles. The lowest BCUT2D eigenvalue weighted by atomic mass is 9.95. The molecular formula is C15H21N3S. The molecule has 2 aromatic heterocycles. The Morgan fingerprint density at radius 1 is 1.42 bits per heavy atom. The number of nitrogens with zero attached hydrogens (tertiary/aromatic N) is 1. The van der Waals surface area contributed by atoms with Crippen molar-refractivity contribution in [1.29, 1.82) is 0 Å². The van der Waals surface area contributed by atoms with Gasteiger partial charge in [-0.2, -0.15) is 5.10 Å². The van der Waals surface area contributed by atoms with E-state index in [1.807, 2.05) is 23.7 Å².